The highest BCUT2D eigenvalue weighted by Gasteiger charge is 2.48. The first kappa shape index (κ1) is 18.7. The second-order valence-corrected chi connectivity index (χ2v) is 8.32. The van der Waals surface area contributed by atoms with E-state index in [-0.39, 0.29) is 11.8 Å². The third kappa shape index (κ3) is 3.21. The van der Waals surface area contributed by atoms with E-state index in [4.69, 9.17) is 11.5 Å². The predicted molar refractivity (Wildman–Crippen MR) is 117 cm³/mol. The van der Waals surface area contributed by atoms with E-state index in [1.165, 1.54) is 0 Å². The minimum atomic E-state index is -0.643. The molecule has 2 heterocycles. The molecule has 2 aliphatic rings. The van der Waals surface area contributed by atoms with Crippen molar-refractivity contribution in [1.29, 1.82) is 0 Å². The van der Waals surface area contributed by atoms with Crippen molar-refractivity contribution in [2.75, 3.05) is 31.9 Å². The quantitative estimate of drug-likeness (QED) is 0.623. The van der Waals surface area contributed by atoms with Gasteiger partial charge in [0.1, 0.15) is 5.82 Å². The Balaban J connectivity index is 1.26. The topological polar surface area (TPSA) is 108 Å². The SMILES string of the molecule is Nc1[nH]cc2ccc(-c3ccc(C(=O)N4CCN(C(=O)C5(N)CC5)CC4)cc3)cc12. The summed E-state index contributed by atoms with van der Waals surface area (Å²) in [7, 11) is 0. The number of benzene rings is 2. The second kappa shape index (κ2) is 6.88. The lowest BCUT2D eigenvalue weighted by Gasteiger charge is -2.36. The van der Waals surface area contributed by atoms with E-state index >= 15 is 0 Å². The molecular weight excluding hydrogens is 378 g/mol. The Labute approximate surface area is 174 Å². The molecule has 1 aliphatic carbocycles. The van der Waals surface area contributed by atoms with Crippen molar-refractivity contribution in [3.63, 3.8) is 0 Å². The second-order valence-electron chi connectivity index (χ2n) is 8.32. The lowest BCUT2D eigenvalue weighted by molar-refractivity contribution is -0.135. The van der Waals surface area contributed by atoms with Crippen molar-refractivity contribution >= 4 is 28.4 Å². The van der Waals surface area contributed by atoms with Gasteiger partial charge in [0, 0.05) is 48.7 Å². The molecule has 3 aromatic rings. The monoisotopic (exact) mass is 403 g/mol. The van der Waals surface area contributed by atoms with E-state index in [1.54, 1.807) is 9.80 Å². The number of carbonyl (C=O) groups excluding carboxylic acids is 2. The van der Waals surface area contributed by atoms with Crippen LogP contribution in [-0.2, 0) is 4.79 Å². The van der Waals surface area contributed by atoms with Crippen LogP contribution in [0.1, 0.15) is 23.2 Å². The number of hydrogen-bond acceptors (Lipinski definition) is 4. The van der Waals surface area contributed by atoms with E-state index in [1.807, 2.05) is 42.6 Å². The molecule has 154 valence electrons. The summed E-state index contributed by atoms with van der Waals surface area (Å²) >= 11 is 0. The maximum atomic E-state index is 12.9. The first-order valence-electron chi connectivity index (χ1n) is 10.3. The summed E-state index contributed by atoms with van der Waals surface area (Å²) in [6.45, 7) is 2.15. The van der Waals surface area contributed by atoms with Crippen LogP contribution >= 0.6 is 0 Å². The molecule has 7 nitrogen and oxygen atoms in total. The van der Waals surface area contributed by atoms with Crippen LogP contribution in [0.5, 0.6) is 0 Å². The molecule has 30 heavy (non-hydrogen) atoms. The summed E-state index contributed by atoms with van der Waals surface area (Å²) in [5.74, 6) is 0.672. The Morgan fingerprint density at radius 2 is 1.53 bits per heavy atom. The van der Waals surface area contributed by atoms with Gasteiger partial charge in [0.05, 0.1) is 5.54 Å². The Kier molecular flexibility index (Phi) is 4.29. The van der Waals surface area contributed by atoms with Crippen molar-refractivity contribution in [3.05, 3.63) is 54.2 Å². The number of rotatable bonds is 3. The molecule has 5 N–H and O–H groups in total. The molecule has 0 radical (unpaired) electrons. The van der Waals surface area contributed by atoms with E-state index in [2.05, 4.69) is 11.1 Å². The van der Waals surface area contributed by atoms with Gasteiger partial charge in [-0.3, -0.25) is 9.59 Å². The average molecular weight is 403 g/mol. The number of fused-ring (bicyclic) bond motifs is 1. The molecule has 0 spiro atoms. The number of nitrogens with one attached hydrogen (secondary N) is 1. The highest BCUT2D eigenvalue weighted by atomic mass is 16.2. The number of amides is 2. The average Bonchev–Trinajstić information content (AvgIpc) is 3.44. The fourth-order valence-electron chi connectivity index (χ4n) is 4.09. The molecule has 1 aromatic heterocycles. The van der Waals surface area contributed by atoms with Crippen LogP contribution in [0.2, 0.25) is 0 Å². The first-order chi connectivity index (χ1) is 14.4. The third-order valence-corrected chi connectivity index (χ3v) is 6.26. The molecule has 1 aliphatic heterocycles. The smallest absolute Gasteiger partial charge is 0.253 e. The maximum Gasteiger partial charge on any atom is 0.253 e. The normalized spacial score (nSPS) is 17.9. The van der Waals surface area contributed by atoms with Crippen LogP contribution < -0.4 is 11.5 Å². The van der Waals surface area contributed by atoms with Gasteiger partial charge in [0.25, 0.3) is 5.91 Å². The minimum Gasteiger partial charge on any atom is -0.385 e. The summed E-state index contributed by atoms with van der Waals surface area (Å²) in [4.78, 5) is 31.9. The van der Waals surface area contributed by atoms with Gasteiger partial charge < -0.3 is 26.3 Å². The number of H-pyrrole nitrogens is 1. The van der Waals surface area contributed by atoms with E-state index in [0.29, 0.717) is 37.6 Å². The lowest BCUT2D eigenvalue weighted by atomic mass is 10.0. The van der Waals surface area contributed by atoms with Crippen molar-refractivity contribution in [3.8, 4) is 11.1 Å². The van der Waals surface area contributed by atoms with Gasteiger partial charge in [-0.05, 0) is 42.2 Å². The molecule has 0 atom stereocenters. The summed E-state index contributed by atoms with van der Waals surface area (Å²) in [5.41, 5.74) is 14.1. The van der Waals surface area contributed by atoms with Crippen LogP contribution in [0, 0.1) is 0 Å². The van der Waals surface area contributed by atoms with Crippen LogP contribution in [-0.4, -0.2) is 58.3 Å². The molecule has 2 aromatic carbocycles. The standard InChI is InChI=1S/C23H25N5O2/c24-20-19-13-17(5-6-18(19)14-26-20)15-1-3-16(4-2-15)21(29)27-9-11-28(12-10-27)22(30)23(25)7-8-23/h1-6,13-14,26H,7-12,24-25H2. The van der Waals surface area contributed by atoms with Crippen LogP contribution in [0.4, 0.5) is 5.82 Å². The van der Waals surface area contributed by atoms with E-state index in [9.17, 15) is 9.59 Å². The number of nitrogens with two attached hydrogens (primary N) is 2. The van der Waals surface area contributed by atoms with E-state index in [0.717, 1.165) is 34.7 Å². The van der Waals surface area contributed by atoms with Crippen molar-refractivity contribution < 1.29 is 9.59 Å². The van der Waals surface area contributed by atoms with Crippen LogP contribution in [0.3, 0.4) is 0 Å². The first-order valence-corrected chi connectivity index (χ1v) is 10.3. The molecular formula is C23H25N5O2. The minimum absolute atomic E-state index is 0.00661. The Morgan fingerprint density at radius 1 is 0.900 bits per heavy atom. The highest BCUT2D eigenvalue weighted by molar-refractivity contribution is 5.97. The number of carbonyl (C=O) groups is 2. The molecule has 0 unspecified atom stereocenters. The van der Waals surface area contributed by atoms with E-state index < -0.39 is 5.54 Å². The Hall–Kier alpha value is -3.32. The summed E-state index contributed by atoms with van der Waals surface area (Å²) < 4.78 is 0. The van der Waals surface area contributed by atoms with Crippen molar-refractivity contribution in [2.24, 2.45) is 5.73 Å². The van der Waals surface area contributed by atoms with Crippen LogP contribution in [0.15, 0.2) is 48.7 Å². The number of nitrogen functional groups attached to an aromatic ring is 1. The number of hydrogen-bond donors (Lipinski definition) is 3. The summed E-state index contributed by atoms with van der Waals surface area (Å²) in [6.07, 6.45) is 3.42. The molecule has 1 saturated carbocycles. The van der Waals surface area contributed by atoms with Gasteiger partial charge in [-0.2, -0.15) is 0 Å². The largest absolute Gasteiger partial charge is 0.385 e. The molecule has 2 fully saturated rings. The zero-order chi connectivity index (χ0) is 20.9. The fraction of sp³-hybridized carbons (Fsp3) is 0.304. The zero-order valence-electron chi connectivity index (χ0n) is 16.7. The molecule has 1 saturated heterocycles. The number of anilines is 1. The summed E-state index contributed by atoms with van der Waals surface area (Å²) in [6, 6.07) is 13.8. The Bertz CT molecular complexity index is 1120. The fourth-order valence-corrected chi connectivity index (χ4v) is 4.09. The van der Waals surface area contributed by atoms with Gasteiger partial charge in [0.2, 0.25) is 5.91 Å². The van der Waals surface area contributed by atoms with Crippen LogP contribution in [0.25, 0.3) is 21.9 Å². The van der Waals surface area contributed by atoms with Gasteiger partial charge in [-0.1, -0.05) is 24.3 Å². The van der Waals surface area contributed by atoms with Gasteiger partial charge in [-0.15, -0.1) is 0 Å². The molecule has 7 heteroatoms. The number of piperazine rings is 1. The highest BCUT2D eigenvalue weighted by Crippen LogP contribution is 2.34. The Morgan fingerprint density at radius 3 is 2.20 bits per heavy atom. The van der Waals surface area contributed by atoms with Gasteiger partial charge >= 0.3 is 0 Å². The maximum absolute atomic E-state index is 12.9. The zero-order valence-corrected chi connectivity index (χ0v) is 16.7. The third-order valence-electron chi connectivity index (χ3n) is 6.26. The van der Waals surface area contributed by atoms with Crippen molar-refractivity contribution in [1.82, 2.24) is 14.8 Å². The van der Waals surface area contributed by atoms with Crippen molar-refractivity contribution in [2.45, 2.75) is 18.4 Å². The predicted octanol–water partition coefficient (Wildman–Crippen LogP) is 2.19. The lowest BCUT2D eigenvalue weighted by Crippen LogP contribution is -2.55. The molecule has 0 bridgehead atoms. The molecule has 2 amide bonds. The number of nitrogens with zero attached hydrogens (tertiary/aromatic N) is 2. The number of aromatic amines is 1. The number of aromatic nitrogens is 1. The molecule has 5 rings (SSSR count). The van der Waals surface area contributed by atoms with Gasteiger partial charge in [0.15, 0.2) is 0 Å². The summed E-state index contributed by atoms with van der Waals surface area (Å²) in [5, 5.41) is 2.06. The van der Waals surface area contributed by atoms with Gasteiger partial charge in [-0.25, -0.2) is 0 Å².